The van der Waals surface area contributed by atoms with Crippen molar-refractivity contribution in [1.82, 2.24) is 25.0 Å². The van der Waals surface area contributed by atoms with Crippen molar-refractivity contribution in [2.45, 2.75) is 50.9 Å². The highest BCUT2D eigenvalue weighted by Gasteiger charge is 2.22. The van der Waals surface area contributed by atoms with Crippen LogP contribution >= 0.6 is 11.8 Å². The van der Waals surface area contributed by atoms with Gasteiger partial charge in [-0.2, -0.15) is 0 Å². The van der Waals surface area contributed by atoms with Crippen LogP contribution in [0, 0.1) is 6.92 Å². The molecule has 2 heterocycles. The van der Waals surface area contributed by atoms with E-state index in [2.05, 4.69) is 44.0 Å². The zero-order valence-corrected chi connectivity index (χ0v) is 19.8. The van der Waals surface area contributed by atoms with Crippen molar-refractivity contribution in [3.8, 4) is 22.8 Å². The first kappa shape index (κ1) is 22.1. The zero-order chi connectivity index (χ0) is 22.7. The Morgan fingerprint density at radius 2 is 1.78 bits per heavy atom. The second-order valence-electron chi connectivity index (χ2n) is 8.48. The van der Waals surface area contributed by atoms with Crippen LogP contribution in [0.1, 0.15) is 45.0 Å². The van der Waals surface area contributed by atoms with Gasteiger partial charge in [-0.1, -0.05) is 56.3 Å². The molecule has 0 unspecified atom stereocenters. The smallest absolute Gasteiger partial charge is 0.226 e. The Hall–Kier alpha value is -3.13. The summed E-state index contributed by atoms with van der Waals surface area (Å²) in [5.41, 5.74) is 2.94. The first-order valence-corrected chi connectivity index (χ1v) is 11.5. The van der Waals surface area contributed by atoms with Gasteiger partial charge in [-0.25, -0.2) is 0 Å². The maximum absolute atomic E-state index is 5.85. The standard InChI is InChI=1S/C24H27N5O2S/c1-6-30-19-12-10-18(11-13-19)29-21(17-9-7-8-16(2)14-17)26-28-23(29)32-15-20-25-27-22(31-20)24(3,4)5/h7-14H,6,15H2,1-5H3. The molecule has 0 saturated heterocycles. The van der Waals surface area contributed by atoms with E-state index in [1.807, 2.05) is 64.1 Å². The fourth-order valence-electron chi connectivity index (χ4n) is 3.17. The van der Waals surface area contributed by atoms with E-state index in [0.717, 1.165) is 28.0 Å². The highest BCUT2D eigenvalue weighted by atomic mass is 32.2. The molecule has 2 aromatic heterocycles. The molecule has 0 amide bonds. The molecule has 0 fully saturated rings. The molecule has 7 nitrogen and oxygen atoms in total. The van der Waals surface area contributed by atoms with E-state index in [9.17, 15) is 0 Å². The number of aromatic nitrogens is 5. The van der Waals surface area contributed by atoms with Gasteiger partial charge < -0.3 is 9.15 Å². The van der Waals surface area contributed by atoms with Crippen molar-refractivity contribution in [1.29, 1.82) is 0 Å². The number of aryl methyl sites for hydroxylation is 1. The van der Waals surface area contributed by atoms with Crippen molar-refractivity contribution >= 4 is 11.8 Å². The third-order valence-electron chi connectivity index (χ3n) is 4.75. The Morgan fingerprint density at radius 1 is 1.00 bits per heavy atom. The van der Waals surface area contributed by atoms with Crippen molar-refractivity contribution in [3.05, 3.63) is 65.9 Å². The van der Waals surface area contributed by atoms with Crippen LogP contribution in [0.2, 0.25) is 0 Å². The lowest BCUT2D eigenvalue weighted by atomic mass is 9.97. The minimum atomic E-state index is -0.184. The van der Waals surface area contributed by atoms with Gasteiger partial charge in [0.05, 0.1) is 12.4 Å². The molecular formula is C24H27N5O2S. The van der Waals surface area contributed by atoms with Crippen molar-refractivity contribution in [2.75, 3.05) is 6.61 Å². The van der Waals surface area contributed by atoms with E-state index in [1.165, 1.54) is 17.3 Å². The molecule has 0 aliphatic rings. The summed E-state index contributed by atoms with van der Waals surface area (Å²) in [5, 5.41) is 18.1. The van der Waals surface area contributed by atoms with Crippen molar-refractivity contribution in [3.63, 3.8) is 0 Å². The summed E-state index contributed by atoms with van der Waals surface area (Å²) in [7, 11) is 0. The molecule has 8 heteroatoms. The third-order valence-corrected chi connectivity index (χ3v) is 5.66. The van der Waals surface area contributed by atoms with Crippen molar-refractivity contribution < 1.29 is 9.15 Å². The number of nitrogens with zero attached hydrogens (tertiary/aromatic N) is 5. The molecule has 0 spiro atoms. The van der Waals surface area contributed by atoms with Crippen LogP contribution in [-0.4, -0.2) is 31.6 Å². The molecular weight excluding hydrogens is 422 g/mol. The van der Waals surface area contributed by atoms with Gasteiger partial charge in [0, 0.05) is 16.7 Å². The van der Waals surface area contributed by atoms with Crippen LogP contribution in [0.4, 0.5) is 0 Å². The number of thioether (sulfide) groups is 1. The third kappa shape index (κ3) is 4.85. The molecule has 0 N–H and O–H groups in total. The van der Waals surface area contributed by atoms with Crippen LogP contribution in [0.5, 0.6) is 5.75 Å². The second-order valence-corrected chi connectivity index (χ2v) is 9.42. The Morgan fingerprint density at radius 3 is 2.44 bits per heavy atom. The predicted molar refractivity (Wildman–Crippen MR) is 125 cm³/mol. The van der Waals surface area contributed by atoms with Gasteiger partial charge in [-0.05, 0) is 44.2 Å². The fourth-order valence-corrected chi connectivity index (χ4v) is 3.96. The first-order chi connectivity index (χ1) is 15.3. The number of hydrogen-bond acceptors (Lipinski definition) is 7. The van der Waals surface area contributed by atoms with E-state index in [1.54, 1.807) is 0 Å². The SMILES string of the molecule is CCOc1ccc(-n2c(SCc3nnc(C(C)(C)C)o3)nnc2-c2cccc(C)c2)cc1. The topological polar surface area (TPSA) is 78.9 Å². The number of ether oxygens (including phenoxy) is 1. The largest absolute Gasteiger partial charge is 0.494 e. The zero-order valence-electron chi connectivity index (χ0n) is 19.0. The quantitative estimate of drug-likeness (QED) is 0.339. The molecule has 166 valence electrons. The maximum atomic E-state index is 5.85. The summed E-state index contributed by atoms with van der Waals surface area (Å²) < 4.78 is 13.5. The summed E-state index contributed by atoms with van der Waals surface area (Å²) >= 11 is 1.51. The normalized spacial score (nSPS) is 11.7. The molecule has 0 aliphatic carbocycles. The Kier molecular flexibility index (Phi) is 6.32. The molecule has 2 aromatic carbocycles. The van der Waals surface area contributed by atoms with Crippen LogP contribution in [0.25, 0.3) is 17.1 Å². The summed E-state index contributed by atoms with van der Waals surface area (Å²) in [5.74, 6) is 3.31. The van der Waals surface area contributed by atoms with Gasteiger partial charge in [-0.15, -0.1) is 20.4 Å². The van der Waals surface area contributed by atoms with Crippen LogP contribution in [-0.2, 0) is 11.2 Å². The molecule has 4 rings (SSSR count). The minimum Gasteiger partial charge on any atom is -0.494 e. The molecule has 0 aliphatic heterocycles. The Labute approximate surface area is 192 Å². The van der Waals surface area contributed by atoms with Gasteiger partial charge >= 0.3 is 0 Å². The summed E-state index contributed by atoms with van der Waals surface area (Å²) in [6.07, 6.45) is 0. The minimum absolute atomic E-state index is 0.184. The van der Waals surface area contributed by atoms with E-state index in [4.69, 9.17) is 9.15 Å². The number of hydrogen-bond donors (Lipinski definition) is 0. The van der Waals surface area contributed by atoms with Crippen LogP contribution < -0.4 is 4.74 Å². The van der Waals surface area contributed by atoms with Gasteiger partial charge in [0.15, 0.2) is 11.0 Å². The first-order valence-electron chi connectivity index (χ1n) is 10.6. The summed E-state index contributed by atoms with van der Waals surface area (Å²) in [6.45, 7) is 10.8. The average Bonchev–Trinajstić information content (AvgIpc) is 3.40. The molecule has 0 radical (unpaired) electrons. The van der Waals surface area contributed by atoms with E-state index in [0.29, 0.717) is 24.1 Å². The molecule has 4 aromatic rings. The molecule has 32 heavy (non-hydrogen) atoms. The fraction of sp³-hybridized carbons (Fsp3) is 0.333. The maximum Gasteiger partial charge on any atom is 0.226 e. The van der Waals surface area contributed by atoms with Gasteiger partial charge in [0.25, 0.3) is 0 Å². The Bertz CT molecular complexity index is 1190. The van der Waals surface area contributed by atoms with Gasteiger partial charge in [0.1, 0.15) is 5.75 Å². The van der Waals surface area contributed by atoms with E-state index >= 15 is 0 Å². The highest BCUT2D eigenvalue weighted by molar-refractivity contribution is 7.98. The Balaban J connectivity index is 1.68. The lowest BCUT2D eigenvalue weighted by Gasteiger charge is -2.12. The lowest BCUT2D eigenvalue weighted by Crippen LogP contribution is -2.11. The monoisotopic (exact) mass is 449 g/mol. The van der Waals surface area contributed by atoms with Crippen LogP contribution in [0.15, 0.2) is 58.1 Å². The van der Waals surface area contributed by atoms with Gasteiger partial charge in [-0.3, -0.25) is 4.57 Å². The summed E-state index contributed by atoms with van der Waals surface area (Å²) in [4.78, 5) is 0. The lowest BCUT2D eigenvalue weighted by molar-refractivity contribution is 0.340. The van der Waals surface area contributed by atoms with E-state index in [-0.39, 0.29) is 5.41 Å². The highest BCUT2D eigenvalue weighted by Crippen LogP contribution is 2.31. The van der Waals surface area contributed by atoms with Gasteiger partial charge in [0.2, 0.25) is 11.8 Å². The predicted octanol–water partition coefficient (Wildman–Crippen LogP) is 5.61. The number of benzene rings is 2. The second kappa shape index (κ2) is 9.16. The average molecular weight is 450 g/mol. The summed E-state index contributed by atoms with van der Waals surface area (Å²) in [6, 6.07) is 16.2. The van der Waals surface area contributed by atoms with Crippen LogP contribution in [0.3, 0.4) is 0 Å². The molecule has 0 saturated carbocycles. The molecule has 0 atom stereocenters. The number of rotatable bonds is 7. The van der Waals surface area contributed by atoms with E-state index < -0.39 is 0 Å². The molecule has 0 bridgehead atoms. The van der Waals surface area contributed by atoms with Crippen molar-refractivity contribution in [2.24, 2.45) is 0 Å².